The molecule has 1 atom stereocenters. The van der Waals surface area contributed by atoms with Crippen molar-refractivity contribution in [1.82, 2.24) is 19.8 Å². The average Bonchev–Trinajstić information content (AvgIpc) is 2.93. The van der Waals surface area contributed by atoms with Gasteiger partial charge in [0.05, 0.1) is 17.5 Å². The fourth-order valence-corrected chi connectivity index (χ4v) is 4.88. The lowest BCUT2D eigenvalue weighted by Gasteiger charge is -2.36. The zero-order valence-corrected chi connectivity index (χ0v) is 16.9. The summed E-state index contributed by atoms with van der Waals surface area (Å²) in [6.07, 6.45) is 2.79. The van der Waals surface area contributed by atoms with Crippen molar-refractivity contribution in [3.8, 4) is 0 Å². The Balaban J connectivity index is 1.71. The van der Waals surface area contributed by atoms with E-state index in [2.05, 4.69) is 10.6 Å². The van der Waals surface area contributed by atoms with Crippen LogP contribution in [0.5, 0.6) is 0 Å². The van der Waals surface area contributed by atoms with E-state index < -0.39 is 17.9 Å². The Morgan fingerprint density at radius 1 is 1.20 bits per heavy atom. The zero-order valence-electron chi connectivity index (χ0n) is 16.9. The number of imidazole rings is 1. The third-order valence-electron chi connectivity index (χ3n) is 6.45. The van der Waals surface area contributed by atoms with E-state index in [1.807, 2.05) is 18.2 Å². The Morgan fingerprint density at radius 3 is 2.60 bits per heavy atom. The van der Waals surface area contributed by atoms with Gasteiger partial charge in [-0.1, -0.05) is 6.07 Å². The summed E-state index contributed by atoms with van der Waals surface area (Å²) < 4.78 is 2.97. The number of amides is 2. The monoisotopic (exact) mass is 414 g/mol. The molecule has 2 aliphatic heterocycles. The number of benzene rings is 1. The molecule has 1 aromatic heterocycles. The topological polar surface area (TPSA) is 122 Å². The number of aryl methyl sites for hydroxylation is 1. The number of nitrogens with zero attached hydrogens (tertiary/aromatic N) is 2. The predicted octanol–water partition coefficient (Wildman–Crippen LogP) is 0.705. The number of carboxylic acids is 1. The van der Waals surface area contributed by atoms with Crippen molar-refractivity contribution in [2.24, 2.45) is 12.5 Å². The summed E-state index contributed by atoms with van der Waals surface area (Å²) >= 11 is 0. The molecular weight excluding hydrogens is 388 g/mol. The molecule has 1 unspecified atom stereocenters. The van der Waals surface area contributed by atoms with Gasteiger partial charge in [0.1, 0.15) is 6.04 Å². The second-order valence-electron chi connectivity index (χ2n) is 8.50. The van der Waals surface area contributed by atoms with Crippen LogP contribution in [0.25, 0.3) is 11.0 Å². The molecule has 3 heterocycles. The summed E-state index contributed by atoms with van der Waals surface area (Å²) in [6.45, 7) is 1.58. The predicted molar refractivity (Wildman–Crippen MR) is 109 cm³/mol. The second kappa shape index (κ2) is 7.71. The highest BCUT2D eigenvalue weighted by Gasteiger charge is 2.35. The van der Waals surface area contributed by atoms with Crippen molar-refractivity contribution in [1.29, 1.82) is 0 Å². The van der Waals surface area contributed by atoms with Crippen molar-refractivity contribution in [3.05, 3.63) is 34.2 Å². The molecule has 2 aliphatic rings. The number of hydrogen-bond acceptors (Lipinski definition) is 5. The lowest BCUT2D eigenvalue weighted by Crippen LogP contribution is -2.44. The minimum absolute atomic E-state index is 0.114. The van der Waals surface area contributed by atoms with Crippen LogP contribution in [0.1, 0.15) is 43.7 Å². The molecular formula is C21H26N4O5. The number of aromatic nitrogens is 2. The molecule has 0 bridgehead atoms. The molecule has 160 valence electrons. The van der Waals surface area contributed by atoms with Gasteiger partial charge in [-0.3, -0.25) is 28.8 Å². The van der Waals surface area contributed by atoms with Crippen molar-refractivity contribution in [3.63, 3.8) is 0 Å². The minimum Gasteiger partial charge on any atom is -0.481 e. The Labute approximate surface area is 173 Å². The second-order valence-corrected chi connectivity index (χ2v) is 8.50. The van der Waals surface area contributed by atoms with Crippen LogP contribution in [-0.2, 0) is 27.9 Å². The number of fused-ring (bicyclic) bond motifs is 1. The van der Waals surface area contributed by atoms with E-state index in [0.717, 1.165) is 31.5 Å². The number of hydrogen-bond donors (Lipinski definition) is 3. The quantitative estimate of drug-likeness (QED) is 0.619. The van der Waals surface area contributed by atoms with Crippen LogP contribution in [0.4, 0.5) is 0 Å². The van der Waals surface area contributed by atoms with E-state index in [4.69, 9.17) is 0 Å². The zero-order chi connectivity index (χ0) is 21.5. The summed E-state index contributed by atoms with van der Waals surface area (Å²) in [5.41, 5.74) is 1.69. The number of nitrogens with one attached hydrogen (secondary N) is 2. The van der Waals surface area contributed by atoms with E-state index in [9.17, 15) is 24.3 Å². The first kappa shape index (κ1) is 20.3. The van der Waals surface area contributed by atoms with Crippen molar-refractivity contribution < 1.29 is 19.5 Å². The van der Waals surface area contributed by atoms with E-state index in [1.54, 1.807) is 7.05 Å². The smallest absolute Gasteiger partial charge is 0.329 e. The fourth-order valence-electron chi connectivity index (χ4n) is 4.88. The third kappa shape index (κ3) is 3.65. The van der Waals surface area contributed by atoms with E-state index >= 15 is 0 Å². The number of carbonyl (C=O) groups excluding carboxylic acids is 2. The summed E-state index contributed by atoms with van der Waals surface area (Å²) in [5, 5.41) is 15.0. The molecule has 4 rings (SSSR count). The van der Waals surface area contributed by atoms with Gasteiger partial charge < -0.3 is 10.4 Å². The summed E-state index contributed by atoms with van der Waals surface area (Å²) in [5.74, 6) is -1.58. The molecule has 1 aromatic carbocycles. The molecule has 0 spiro atoms. The number of imide groups is 1. The molecule has 9 nitrogen and oxygen atoms in total. The first-order chi connectivity index (χ1) is 14.3. The van der Waals surface area contributed by atoms with E-state index in [0.29, 0.717) is 23.9 Å². The highest BCUT2D eigenvalue weighted by Crippen LogP contribution is 2.37. The number of aliphatic carboxylic acids is 1. The van der Waals surface area contributed by atoms with Gasteiger partial charge in [0, 0.05) is 13.5 Å². The van der Waals surface area contributed by atoms with E-state index in [-0.39, 0.29) is 29.9 Å². The van der Waals surface area contributed by atoms with E-state index in [1.165, 1.54) is 9.13 Å². The van der Waals surface area contributed by atoms with Gasteiger partial charge in [-0.2, -0.15) is 0 Å². The maximum absolute atomic E-state index is 12.9. The van der Waals surface area contributed by atoms with Crippen LogP contribution in [0.3, 0.4) is 0 Å². The number of carbonyl (C=O) groups is 3. The molecule has 2 saturated heterocycles. The van der Waals surface area contributed by atoms with Crippen LogP contribution in [0, 0.1) is 5.41 Å². The highest BCUT2D eigenvalue weighted by molar-refractivity contribution is 6.00. The Bertz CT molecular complexity index is 1080. The van der Waals surface area contributed by atoms with Gasteiger partial charge >= 0.3 is 11.7 Å². The van der Waals surface area contributed by atoms with Crippen LogP contribution in [0.2, 0.25) is 0 Å². The van der Waals surface area contributed by atoms with Crippen LogP contribution in [0.15, 0.2) is 23.0 Å². The maximum Gasteiger partial charge on any atom is 0.329 e. The molecule has 30 heavy (non-hydrogen) atoms. The number of piperidine rings is 2. The lowest BCUT2D eigenvalue weighted by molar-refractivity contribution is -0.140. The summed E-state index contributed by atoms with van der Waals surface area (Å²) in [6, 6.07) is 4.94. The molecule has 2 amide bonds. The van der Waals surface area contributed by atoms with Crippen molar-refractivity contribution >= 4 is 28.8 Å². The maximum atomic E-state index is 12.9. The first-order valence-electron chi connectivity index (χ1n) is 10.3. The summed E-state index contributed by atoms with van der Waals surface area (Å²) in [7, 11) is 1.66. The van der Waals surface area contributed by atoms with Crippen LogP contribution in [-0.4, -0.2) is 45.1 Å². The largest absolute Gasteiger partial charge is 0.481 e. The molecule has 0 aliphatic carbocycles. The molecule has 9 heteroatoms. The Morgan fingerprint density at radius 2 is 1.93 bits per heavy atom. The highest BCUT2D eigenvalue weighted by atomic mass is 16.4. The van der Waals surface area contributed by atoms with Crippen molar-refractivity contribution in [2.75, 3.05) is 13.1 Å². The standard InChI is InChI=1S/C21H26N4O5/c1-24-16-10-13(11-21(12-18(27)28)6-8-22-9-7-21)2-3-14(16)25(20(24)30)15-4-5-17(26)23-19(15)29/h2-3,10,15,22H,4-9,11-12H2,1H3,(H,27,28)(H,23,26,29). The fraction of sp³-hybridized carbons (Fsp3) is 0.524. The van der Waals surface area contributed by atoms with Gasteiger partial charge in [0.2, 0.25) is 11.8 Å². The van der Waals surface area contributed by atoms with Gasteiger partial charge in [-0.25, -0.2) is 4.79 Å². The third-order valence-corrected chi connectivity index (χ3v) is 6.45. The molecule has 2 aromatic rings. The minimum atomic E-state index is -0.797. The summed E-state index contributed by atoms with van der Waals surface area (Å²) in [4.78, 5) is 48.2. The molecule has 0 radical (unpaired) electrons. The lowest BCUT2D eigenvalue weighted by atomic mass is 9.72. The molecule has 3 N–H and O–H groups in total. The van der Waals surface area contributed by atoms with Gasteiger partial charge in [0.25, 0.3) is 0 Å². The normalized spacial score (nSPS) is 21.6. The number of rotatable bonds is 5. The van der Waals surface area contributed by atoms with Crippen LogP contribution < -0.4 is 16.3 Å². The first-order valence-corrected chi connectivity index (χ1v) is 10.3. The van der Waals surface area contributed by atoms with Crippen molar-refractivity contribution in [2.45, 2.75) is 44.6 Å². The van der Waals surface area contributed by atoms with Gasteiger partial charge in [-0.15, -0.1) is 0 Å². The number of carboxylic acid groups (broad SMARTS) is 1. The average molecular weight is 414 g/mol. The Hall–Kier alpha value is -2.94. The van der Waals surface area contributed by atoms with Crippen LogP contribution >= 0.6 is 0 Å². The SMILES string of the molecule is Cn1c(=O)n(C2CCC(=O)NC2=O)c2ccc(CC3(CC(=O)O)CCNCC3)cc21. The Kier molecular flexibility index (Phi) is 5.23. The van der Waals surface area contributed by atoms with Gasteiger partial charge in [0.15, 0.2) is 0 Å². The van der Waals surface area contributed by atoms with Gasteiger partial charge in [-0.05, 0) is 61.9 Å². The molecule has 0 saturated carbocycles. The molecule has 2 fully saturated rings.